The second kappa shape index (κ2) is 9.54. The Hall–Kier alpha value is -2.45. The first-order chi connectivity index (χ1) is 10.9. The van der Waals surface area contributed by atoms with Crippen molar-refractivity contribution in [2.24, 2.45) is 0 Å². The summed E-state index contributed by atoms with van der Waals surface area (Å²) >= 11 is 0. The Morgan fingerprint density at radius 1 is 1.17 bits per heavy atom. The lowest BCUT2D eigenvalue weighted by molar-refractivity contribution is -0.682. The summed E-state index contributed by atoms with van der Waals surface area (Å²) in [7, 11) is 0. The smallest absolute Gasteiger partial charge is 0.230 e. The first-order valence-electron chi connectivity index (χ1n) is 7.25. The number of amides is 2. The van der Waals surface area contributed by atoms with Crippen LogP contribution in [0.1, 0.15) is 19.8 Å². The Kier molecular flexibility index (Phi) is 7.72. The normalized spacial score (nSPS) is 11.6. The van der Waals surface area contributed by atoms with Crippen molar-refractivity contribution < 1.29 is 29.9 Å². The number of aliphatic hydroxyl groups excluding tert-OH is 1. The van der Waals surface area contributed by atoms with Crippen molar-refractivity contribution in [3.05, 3.63) is 24.3 Å². The van der Waals surface area contributed by atoms with E-state index in [2.05, 4.69) is 10.6 Å². The number of carbonyl (C=O) groups is 3. The molecule has 1 atom stereocenters. The maximum absolute atomic E-state index is 11.9. The molecule has 0 spiro atoms. The molecule has 0 unspecified atom stereocenters. The zero-order valence-corrected chi connectivity index (χ0v) is 12.9. The van der Waals surface area contributed by atoms with E-state index in [9.17, 15) is 19.5 Å². The average Bonchev–Trinajstić information content (AvgIpc) is 2.47. The van der Waals surface area contributed by atoms with Crippen LogP contribution in [-0.4, -0.2) is 42.1 Å². The average molecular weight is 323 g/mol. The maximum atomic E-state index is 11.9. The number of hydrogen-bond donors (Lipinski definition) is 4. The maximum Gasteiger partial charge on any atom is 0.230 e. The Labute approximate surface area is 133 Å². The van der Waals surface area contributed by atoms with Crippen molar-refractivity contribution in [3.63, 3.8) is 0 Å². The van der Waals surface area contributed by atoms with Crippen LogP contribution in [0.2, 0.25) is 0 Å². The van der Waals surface area contributed by atoms with Gasteiger partial charge in [-0.25, -0.2) is 0 Å². The Bertz CT molecular complexity index is 545. The van der Waals surface area contributed by atoms with Crippen LogP contribution in [0, 0.1) is 0 Å². The molecule has 126 valence electrons. The SMILES string of the molecule is CC(=O)Nc1ccc(NC(=O)C[C@H]([NH2+]CCCO)C(=O)[O-])cc1. The molecule has 0 aliphatic carbocycles. The highest BCUT2D eigenvalue weighted by atomic mass is 16.4. The number of carboxylic acid groups (broad SMARTS) is 1. The minimum atomic E-state index is -1.32. The van der Waals surface area contributed by atoms with E-state index in [-0.39, 0.29) is 18.9 Å². The van der Waals surface area contributed by atoms with Gasteiger partial charge in [0, 0.05) is 31.3 Å². The van der Waals surface area contributed by atoms with Crippen LogP contribution in [0.3, 0.4) is 0 Å². The summed E-state index contributed by atoms with van der Waals surface area (Å²) in [6.45, 7) is 1.75. The lowest BCUT2D eigenvalue weighted by Gasteiger charge is -2.16. The predicted octanol–water partition coefficient (Wildman–Crippen LogP) is -1.96. The summed E-state index contributed by atoms with van der Waals surface area (Å²) in [4.78, 5) is 33.8. The van der Waals surface area contributed by atoms with Crippen LogP contribution >= 0.6 is 0 Å². The van der Waals surface area contributed by atoms with Crippen molar-refractivity contribution in [3.8, 4) is 0 Å². The van der Waals surface area contributed by atoms with Crippen LogP contribution in [0.4, 0.5) is 11.4 Å². The fourth-order valence-electron chi connectivity index (χ4n) is 1.93. The van der Waals surface area contributed by atoms with E-state index in [0.717, 1.165) is 0 Å². The number of anilines is 2. The fourth-order valence-corrected chi connectivity index (χ4v) is 1.93. The van der Waals surface area contributed by atoms with Gasteiger partial charge >= 0.3 is 0 Å². The van der Waals surface area contributed by atoms with Gasteiger partial charge in [-0.1, -0.05) is 0 Å². The van der Waals surface area contributed by atoms with E-state index in [4.69, 9.17) is 5.11 Å². The van der Waals surface area contributed by atoms with E-state index in [1.165, 1.54) is 12.2 Å². The van der Waals surface area contributed by atoms with E-state index in [1.54, 1.807) is 24.3 Å². The number of hydrogen-bond acceptors (Lipinski definition) is 5. The van der Waals surface area contributed by atoms with Gasteiger partial charge in [-0.05, 0) is 24.3 Å². The summed E-state index contributed by atoms with van der Waals surface area (Å²) in [5.74, 6) is -1.97. The van der Waals surface area contributed by atoms with Gasteiger partial charge in [-0.2, -0.15) is 0 Å². The lowest BCUT2D eigenvalue weighted by Crippen LogP contribution is -2.93. The molecule has 0 saturated heterocycles. The van der Waals surface area contributed by atoms with Gasteiger partial charge < -0.3 is 31.0 Å². The van der Waals surface area contributed by atoms with E-state index in [0.29, 0.717) is 24.3 Å². The van der Waals surface area contributed by atoms with Crippen LogP contribution in [0.25, 0.3) is 0 Å². The predicted molar refractivity (Wildman–Crippen MR) is 81.3 cm³/mol. The second-order valence-electron chi connectivity index (χ2n) is 5.04. The number of quaternary nitrogens is 1. The quantitative estimate of drug-likeness (QED) is 0.391. The van der Waals surface area contributed by atoms with Crippen LogP contribution < -0.4 is 21.1 Å². The molecule has 0 saturated carbocycles. The molecule has 0 heterocycles. The topological polar surface area (TPSA) is 135 Å². The Balaban J connectivity index is 2.53. The molecule has 0 fully saturated rings. The molecule has 0 aliphatic heterocycles. The van der Waals surface area contributed by atoms with Gasteiger partial charge in [0.25, 0.3) is 0 Å². The molecular formula is C15H21N3O5. The molecule has 1 rings (SSSR count). The molecule has 8 nitrogen and oxygen atoms in total. The third-order valence-corrected chi connectivity index (χ3v) is 3.01. The molecule has 8 heteroatoms. The molecule has 0 radical (unpaired) electrons. The Morgan fingerprint density at radius 2 is 1.74 bits per heavy atom. The number of aliphatic hydroxyl groups is 1. The third kappa shape index (κ3) is 7.39. The lowest BCUT2D eigenvalue weighted by atomic mass is 10.2. The number of rotatable bonds is 9. The summed E-state index contributed by atoms with van der Waals surface area (Å²) in [5, 5.41) is 26.3. The molecule has 5 N–H and O–H groups in total. The van der Waals surface area contributed by atoms with Crippen molar-refractivity contribution in [1.82, 2.24) is 0 Å². The second-order valence-corrected chi connectivity index (χ2v) is 5.04. The number of nitrogens with one attached hydrogen (secondary N) is 2. The molecule has 0 aliphatic rings. The number of carbonyl (C=O) groups excluding carboxylic acids is 3. The zero-order chi connectivity index (χ0) is 17.2. The van der Waals surface area contributed by atoms with E-state index in [1.807, 2.05) is 0 Å². The number of carboxylic acids is 1. The number of aliphatic carboxylic acids is 1. The molecule has 1 aromatic rings. The summed E-state index contributed by atoms with van der Waals surface area (Å²) < 4.78 is 0. The van der Waals surface area contributed by atoms with Crippen molar-refractivity contribution in [2.75, 3.05) is 23.8 Å². The summed E-state index contributed by atoms with van der Waals surface area (Å²) in [6.07, 6.45) is 0.206. The minimum Gasteiger partial charge on any atom is -0.544 e. The van der Waals surface area contributed by atoms with Crippen molar-refractivity contribution in [2.45, 2.75) is 25.8 Å². The van der Waals surface area contributed by atoms with Gasteiger partial charge in [0.15, 0.2) is 0 Å². The van der Waals surface area contributed by atoms with Gasteiger partial charge in [-0.15, -0.1) is 0 Å². The van der Waals surface area contributed by atoms with E-state index < -0.39 is 17.9 Å². The van der Waals surface area contributed by atoms with E-state index >= 15 is 0 Å². The number of nitrogens with two attached hydrogens (primary N) is 1. The molecule has 0 bridgehead atoms. The zero-order valence-electron chi connectivity index (χ0n) is 12.9. The summed E-state index contributed by atoms with van der Waals surface area (Å²) in [6, 6.07) is 5.46. The van der Waals surface area contributed by atoms with Crippen molar-refractivity contribution in [1.29, 1.82) is 0 Å². The third-order valence-electron chi connectivity index (χ3n) is 3.01. The Morgan fingerprint density at radius 3 is 2.22 bits per heavy atom. The highest BCUT2D eigenvalue weighted by Crippen LogP contribution is 2.13. The molecular weight excluding hydrogens is 302 g/mol. The minimum absolute atomic E-state index is 0.0386. The molecule has 0 aromatic heterocycles. The highest BCUT2D eigenvalue weighted by molar-refractivity contribution is 5.94. The van der Waals surface area contributed by atoms with Crippen molar-refractivity contribution >= 4 is 29.2 Å². The largest absolute Gasteiger partial charge is 0.544 e. The van der Waals surface area contributed by atoms with Gasteiger partial charge in [0.05, 0.1) is 18.9 Å². The van der Waals surface area contributed by atoms with Gasteiger partial charge in [0.2, 0.25) is 11.8 Å². The molecule has 23 heavy (non-hydrogen) atoms. The molecule has 2 amide bonds. The van der Waals surface area contributed by atoms with Gasteiger partial charge in [0.1, 0.15) is 6.04 Å². The van der Waals surface area contributed by atoms with Crippen LogP contribution in [-0.2, 0) is 14.4 Å². The monoisotopic (exact) mass is 323 g/mol. The number of benzene rings is 1. The van der Waals surface area contributed by atoms with Crippen LogP contribution in [0.5, 0.6) is 0 Å². The highest BCUT2D eigenvalue weighted by Gasteiger charge is 2.18. The molecule has 1 aromatic carbocycles. The first-order valence-corrected chi connectivity index (χ1v) is 7.25. The fraction of sp³-hybridized carbons (Fsp3) is 0.400. The summed E-state index contributed by atoms with van der Waals surface area (Å²) in [5.41, 5.74) is 1.09. The van der Waals surface area contributed by atoms with Gasteiger partial charge in [-0.3, -0.25) is 9.59 Å². The first kappa shape index (κ1) is 18.6. The standard InChI is InChI=1S/C15H21N3O5/c1-10(20)17-11-3-5-12(6-4-11)18-14(21)9-13(15(22)23)16-7-2-8-19/h3-6,13,16,19H,2,7-9H2,1H3,(H,17,20)(H,18,21)(H,22,23)/t13-/m0/s1. The van der Waals surface area contributed by atoms with Crippen LogP contribution in [0.15, 0.2) is 24.3 Å².